The first-order chi connectivity index (χ1) is 13.7. The first-order valence-electron chi connectivity index (χ1n) is 9.16. The highest BCUT2D eigenvalue weighted by atomic mass is 32.2. The third kappa shape index (κ3) is 3.20. The van der Waals surface area contributed by atoms with E-state index in [0.717, 1.165) is 40.6 Å². The van der Waals surface area contributed by atoms with E-state index in [-0.39, 0.29) is 5.56 Å². The smallest absolute Gasteiger partial charge is 0.258 e. The van der Waals surface area contributed by atoms with Crippen molar-refractivity contribution in [2.24, 2.45) is 0 Å². The van der Waals surface area contributed by atoms with Crippen molar-refractivity contribution in [2.45, 2.75) is 36.7 Å². The zero-order chi connectivity index (χ0) is 19.1. The molecule has 28 heavy (non-hydrogen) atoms. The molecule has 4 aromatic rings. The Labute approximate surface area is 165 Å². The Balaban J connectivity index is 1.45. The van der Waals surface area contributed by atoms with Gasteiger partial charge in [-0.3, -0.25) is 18.7 Å². The molecule has 8 heteroatoms. The minimum atomic E-state index is -0.0657. The third-order valence-corrected chi connectivity index (χ3v) is 5.68. The molecule has 0 N–H and O–H groups in total. The Hall–Kier alpha value is -3.00. The maximum atomic E-state index is 12.4. The van der Waals surface area contributed by atoms with Crippen LogP contribution >= 0.6 is 11.8 Å². The molecule has 0 radical (unpaired) electrons. The van der Waals surface area contributed by atoms with Crippen LogP contribution in [0.2, 0.25) is 0 Å². The lowest BCUT2D eigenvalue weighted by Gasteiger charge is -2.09. The van der Waals surface area contributed by atoms with Gasteiger partial charge in [-0.2, -0.15) is 0 Å². The van der Waals surface area contributed by atoms with Crippen LogP contribution in [-0.2, 0) is 5.75 Å². The lowest BCUT2D eigenvalue weighted by Crippen LogP contribution is -2.15. The number of rotatable bonds is 5. The van der Waals surface area contributed by atoms with Gasteiger partial charge >= 0.3 is 0 Å². The normalized spacial score (nSPS) is 13.9. The fraction of sp³-hybridized carbons (Fsp3) is 0.250. The van der Waals surface area contributed by atoms with Gasteiger partial charge in [0, 0.05) is 42.0 Å². The number of aromatic nitrogens is 6. The average Bonchev–Trinajstić information content (AvgIpc) is 3.46. The standard InChI is InChI=1S/C20H18N6OS/c1-13-4-7-17-22-15(9-18(27)25(17)11-13)12-28-20-24-23-19(26(20)16-5-6-16)14-3-2-8-21-10-14/h2-4,7-11,16H,5-6,12H2,1H3. The highest BCUT2D eigenvalue weighted by Gasteiger charge is 2.30. The summed E-state index contributed by atoms with van der Waals surface area (Å²) in [6.45, 7) is 1.96. The molecule has 0 aliphatic heterocycles. The minimum Gasteiger partial charge on any atom is -0.299 e. The van der Waals surface area contributed by atoms with Crippen molar-refractivity contribution in [1.82, 2.24) is 29.1 Å². The molecular formula is C20H18N6OS. The van der Waals surface area contributed by atoms with Crippen molar-refractivity contribution in [3.63, 3.8) is 0 Å². The molecule has 1 saturated carbocycles. The Morgan fingerprint density at radius 1 is 1.21 bits per heavy atom. The van der Waals surface area contributed by atoms with E-state index in [1.807, 2.05) is 43.6 Å². The maximum absolute atomic E-state index is 12.4. The van der Waals surface area contributed by atoms with Crippen LogP contribution < -0.4 is 5.56 Å². The van der Waals surface area contributed by atoms with Crippen LogP contribution in [0.25, 0.3) is 17.0 Å². The van der Waals surface area contributed by atoms with Crippen molar-refractivity contribution in [2.75, 3.05) is 0 Å². The summed E-state index contributed by atoms with van der Waals surface area (Å²) in [4.78, 5) is 21.2. The number of fused-ring (bicyclic) bond motifs is 1. The van der Waals surface area contributed by atoms with E-state index in [9.17, 15) is 4.79 Å². The van der Waals surface area contributed by atoms with Gasteiger partial charge in [-0.1, -0.05) is 17.8 Å². The molecule has 5 rings (SSSR count). The summed E-state index contributed by atoms with van der Waals surface area (Å²) < 4.78 is 3.77. The molecule has 0 unspecified atom stereocenters. The lowest BCUT2D eigenvalue weighted by atomic mass is 10.3. The summed E-state index contributed by atoms with van der Waals surface area (Å²) in [5, 5.41) is 9.66. The summed E-state index contributed by atoms with van der Waals surface area (Å²) in [5.74, 6) is 1.41. The molecule has 0 spiro atoms. The number of hydrogen-bond donors (Lipinski definition) is 0. The van der Waals surface area contributed by atoms with E-state index in [0.29, 0.717) is 17.4 Å². The van der Waals surface area contributed by atoms with E-state index in [1.54, 1.807) is 28.4 Å². The molecule has 0 atom stereocenters. The first kappa shape index (κ1) is 17.1. The third-order valence-electron chi connectivity index (χ3n) is 4.71. The van der Waals surface area contributed by atoms with E-state index < -0.39 is 0 Å². The van der Waals surface area contributed by atoms with Gasteiger partial charge in [0.05, 0.1) is 5.69 Å². The Bertz CT molecular complexity index is 1210. The molecule has 4 aromatic heterocycles. The Kier molecular flexibility index (Phi) is 4.20. The van der Waals surface area contributed by atoms with Gasteiger partial charge in [0.25, 0.3) is 5.56 Å². The molecule has 7 nitrogen and oxygen atoms in total. The minimum absolute atomic E-state index is 0.0657. The molecule has 4 heterocycles. The molecule has 1 aliphatic carbocycles. The number of thioether (sulfide) groups is 1. The number of nitrogens with zero attached hydrogens (tertiary/aromatic N) is 6. The molecule has 0 bridgehead atoms. The van der Waals surface area contributed by atoms with Crippen LogP contribution in [0.15, 0.2) is 58.9 Å². The van der Waals surface area contributed by atoms with Gasteiger partial charge in [-0.05, 0) is 43.5 Å². The lowest BCUT2D eigenvalue weighted by molar-refractivity contribution is 0.669. The van der Waals surface area contributed by atoms with Crippen LogP contribution in [0, 0.1) is 6.92 Å². The second-order valence-electron chi connectivity index (χ2n) is 6.96. The van der Waals surface area contributed by atoms with Gasteiger partial charge in [0.15, 0.2) is 11.0 Å². The van der Waals surface area contributed by atoms with Crippen LogP contribution in [0.3, 0.4) is 0 Å². The highest BCUT2D eigenvalue weighted by Crippen LogP contribution is 2.41. The molecule has 140 valence electrons. The Morgan fingerprint density at radius 3 is 2.89 bits per heavy atom. The second-order valence-corrected chi connectivity index (χ2v) is 7.90. The van der Waals surface area contributed by atoms with Crippen molar-refractivity contribution < 1.29 is 0 Å². The van der Waals surface area contributed by atoms with Crippen molar-refractivity contribution in [1.29, 1.82) is 0 Å². The van der Waals surface area contributed by atoms with E-state index in [2.05, 4.69) is 24.7 Å². The van der Waals surface area contributed by atoms with Crippen molar-refractivity contribution in [3.05, 3.63) is 70.5 Å². The topological polar surface area (TPSA) is 78.0 Å². The quantitative estimate of drug-likeness (QED) is 0.487. The zero-order valence-electron chi connectivity index (χ0n) is 15.3. The van der Waals surface area contributed by atoms with E-state index in [4.69, 9.17) is 0 Å². The SMILES string of the molecule is Cc1ccc2nc(CSc3nnc(-c4cccnc4)n3C3CC3)cc(=O)n2c1. The predicted molar refractivity (Wildman–Crippen MR) is 107 cm³/mol. The van der Waals surface area contributed by atoms with Crippen molar-refractivity contribution >= 4 is 17.4 Å². The summed E-state index contributed by atoms with van der Waals surface area (Å²) >= 11 is 1.56. The summed E-state index contributed by atoms with van der Waals surface area (Å²) in [6, 6.07) is 9.77. The van der Waals surface area contributed by atoms with Gasteiger partial charge in [0.1, 0.15) is 5.65 Å². The average molecular weight is 390 g/mol. The van der Waals surface area contributed by atoms with Gasteiger partial charge in [0.2, 0.25) is 0 Å². The number of aryl methyl sites for hydroxylation is 1. The monoisotopic (exact) mass is 390 g/mol. The van der Waals surface area contributed by atoms with E-state index >= 15 is 0 Å². The largest absolute Gasteiger partial charge is 0.299 e. The van der Waals surface area contributed by atoms with Crippen molar-refractivity contribution in [3.8, 4) is 11.4 Å². The molecular weight excluding hydrogens is 372 g/mol. The number of pyridine rings is 2. The van der Waals surface area contributed by atoms with Gasteiger partial charge < -0.3 is 0 Å². The van der Waals surface area contributed by atoms with Crippen LogP contribution in [0.5, 0.6) is 0 Å². The molecule has 0 amide bonds. The van der Waals surface area contributed by atoms with Crippen LogP contribution in [0.1, 0.15) is 30.1 Å². The first-order valence-corrected chi connectivity index (χ1v) is 10.1. The van der Waals surface area contributed by atoms with Crippen LogP contribution in [-0.4, -0.2) is 29.1 Å². The van der Waals surface area contributed by atoms with Gasteiger partial charge in [-0.15, -0.1) is 10.2 Å². The van der Waals surface area contributed by atoms with Gasteiger partial charge in [-0.25, -0.2) is 4.98 Å². The maximum Gasteiger partial charge on any atom is 0.258 e. The predicted octanol–water partition coefficient (Wildman–Crippen LogP) is 3.28. The van der Waals surface area contributed by atoms with E-state index in [1.165, 1.54) is 0 Å². The highest BCUT2D eigenvalue weighted by molar-refractivity contribution is 7.98. The second kappa shape index (κ2) is 6.87. The molecule has 1 fully saturated rings. The molecule has 1 aliphatic rings. The summed E-state index contributed by atoms with van der Waals surface area (Å²) in [6.07, 6.45) is 7.64. The van der Waals surface area contributed by atoms with Crippen LogP contribution in [0.4, 0.5) is 0 Å². The summed E-state index contributed by atoms with van der Waals surface area (Å²) in [5.41, 5.74) is 3.33. The Morgan fingerprint density at radius 2 is 2.11 bits per heavy atom. The fourth-order valence-electron chi connectivity index (χ4n) is 3.20. The summed E-state index contributed by atoms with van der Waals surface area (Å²) in [7, 11) is 0. The molecule has 0 aromatic carbocycles. The fourth-order valence-corrected chi connectivity index (χ4v) is 4.10. The zero-order valence-corrected chi connectivity index (χ0v) is 16.1. The number of hydrogen-bond acceptors (Lipinski definition) is 6. The molecule has 0 saturated heterocycles.